The molecule has 118 valence electrons. The van der Waals surface area contributed by atoms with Crippen molar-refractivity contribution in [1.82, 2.24) is 4.57 Å². The molecule has 0 aliphatic carbocycles. The smallest absolute Gasteiger partial charge is 0.123 e. The summed E-state index contributed by atoms with van der Waals surface area (Å²) in [7, 11) is 0. The van der Waals surface area contributed by atoms with Crippen LogP contribution in [0.5, 0.6) is 0 Å². The molecule has 0 fully saturated rings. The van der Waals surface area contributed by atoms with E-state index in [-0.39, 0.29) is 0 Å². The zero-order chi connectivity index (χ0) is 16.2. The molecule has 1 aromatic carbocycles. The minimum Gasteiger partial charge on any atom is -0.467 e. The van der Waals surface area contributed by atoms with E-state index in [1.54, 1.807) is 6.26 Å². The highest BCUT2D eigenvalue weighted by Crippen LogP contribution is 2.16. The van der Waals surface area contributed by atoms with E-state index in [9.17, 15) is 0 Å². The third-order valence-corrected chi connectivity index (χ3v) is 3.96. The average molecular weight is 307 g/mol. The molecule has 0 radical (unpaired) electrons. The second-order valence-electron chi connectivity index (χ2n) is 5.73. The number of hydrogen-bond donors (Lipinski definition) is 1. The number of anilines is 1. The normalized spacial score (nSPS) is 11.3. The Morgan fingerprint density at radius 3 is 2.61 bits per heavy atom. The van der Waals surface area contributed by atoms with Crippen LogP contribution in [0.4, 0.5) is 5.69 Å². The summed E-state index contributed by atoms with van der Waals surface area (Å²) in [6.45, 7) is 7.01. The first kappa shape index (κ1) is 15.2. The van der Waals surface area contributed by atoms with Gasteiger partial charge in [0.2, 0.25) is 0 Å². The zero-order valence-electron chi connectivity index (χ0n) is 13.7. The molecule has 2 aromatic heterocycles. The number of aryl methyl sites for hydroxylation is 2. The number of nitrogens with one attached hydrogen (secondary N) is 1. The molecule has 23 heavy (non-hydrogen) atoms. The molecule has 2 heterocycles. The first-order valence-corrected chi connectivity index (χ1v) is 7.68. The van der Waals surface area contributed by atoms with Gasteiger partial charge < -0.3 is 8.98 Å². The monoisotopic (exact) mass is 307 g/mol. The summed E-state index contributed by atoms with van der Waals surface area (Å²) in [4.78, 5) is 0. The van der Waals surface area contributed by atoms with Gasteiger partial charge >= 0.3 is 0 Å². The largest absolute Gasteiger partial charge is 0.467 e. The van der Waals surface area contributed by atoms with Gasteiger partial charge in [0.25, 0.3) is 0 Å². The fourth-order valence-corrected chi connectivity index (χ4v) is 2.56. The Kier molecular flexibility index (Phi) is 4.33. The van der Waals surface area contributed by atoms with Crippen LogP contribution in [0, 0.1) is 20.8 Å². The maximum absolute atomic E-state index is 5.44. The van der Waals surface area contributed by atoms with Crippen molar-refractivity contribution in [3.63, 3.8) is 0 Å². The average Bonchev–Trinajstić information content (AvgIpc) is 3.14. The van der Waals surface area contributed by atoms with E-state index in [1.807, 2.05) is 30.5 Å². The Morgan fingerprint density at radius 2 is 1.91 bits per heavy atom. The third-order valence-electron chi connectivity index (χ3n) is 3.96. The first-order chi connectivity index (χ1) is 11.1. The molecule has 0 unspecified atom stereocenters. The highest BCUT2D eigenvalue weighted by Gasteiger charge is 2.09. The van der Waals surface area contributed by atoms with Crippen molar-refractivity contribution in [2.45, 2.75) is 27.3 Å². The van der Waals surface area contributed by atoms with Gasteiger partial charge in [-0.05, 0) is 51.1 Å². The summed E-state index contributed by atoms with van der Waals surface area (Å²) < 4.78 is 7.67. The summed E-state index contributed by atoms with van der Waals surface area (Å²) in [5, 5.41) is 4.34. The summed E-state index contributed by atoms with van der Waals surface area (Å²) in [6.07, 6.45) is 3.57. The number of rotatable bonds is 5. The summed E-state index contributed by atoms with van der Waals surface area (Å²) in [5.41, 5.74) is 8.75. The van der Waals surface area contributed by atoms with Crippen molar-refractivity contribution in [3.05, 3.63) is 77.0 Å². The molecule has 0 aliphatic rings. The second-order valence-corrected chi connectivity index (χ2v) is 5.73. The van der Waals surface area contributed by atoms with E-state index in [0.29, 0.717) is 0 Å². The number of nitrogens with zero attached hydrogens (tertiary/aromatic N) is 2. The molecule has 0 amide bonds. The van der Waals surface area contributed by atoms with Crippen LogP contribution in [0.25, 0.3) is 0 Å². The van der Waals surface area contributed by atoms with Crippen molar-refractivity contribution >= 4 is 11.9 Å². The number of benzene rings is 1. The predicted octanol–water partition coefficient (Wildman–Crippen LogP) is 4.50. The van der Waals surface area contributed by atoms with Crippen molar-refractivity contribution in [1.29, 1.82) is 0 Å². The molecular formula is C19H21N3O. The minimum absolute atomic E-state index is 0.740. The van der Waals surface area contributed by atoms with Crippen LogP contribution in [0.15, 0.2) is 58.2 Å². The molecule has 3 aromatic rings. The Labute approximate surface area is 136 Å². The highest BCUT2D eigenvalue weighted by atomic mass is 16.3. The van der Waals surface area contributed by atoms with E-state index in [4.69, 9.17) is 4.42 Å². The quantitative estimate of drug-likeness (QED) is 0.557. The molecule has 0 atom stereocenters. The van der Waals surface area contributed by atoms with Crippen LogP contribution in [-0.4, -0.2) is 10.8 Å². The maximum Gasteiger partial charge on any atom is 0.123 e. The molecule has 0 saturated heterocycles. The van der Waals surface area contributed by atoms with E-state index in [1.165, 1.54) is 17.0 Å². The fraction of sp³-hybridized carbons (Fsp3) is 0.211. The van der Waals surface area contributed by atoms with Gasteiger partial charge in [-0.1, -0.05) is 17.7 Å². The van der Waals surface area contributed by atoms with Crippen molar-refractivity contribution in [2.75, 3.05) is 5.43 Å². The second kappa shape index (κ2) is 6.57. The van der Waals surface area contributed by atoms with Crippen LogP contribution >= 0.6 is 0 Å². The SMILES string of the molecule is Cc1ccc(N/N=C\c2cc(C)n(Cc3ccco3)c2C)cc1. The summed E-state index contributed by atoms with van der Waals surface area (Å²) >= 11 is 0. The van der Waals surface area contributed by atoms with Gasteiger partial charge in [0, 0.05) is 17.0 Å². The summed E-state index contributed by atoms with van der Waals surface area (Å²) in [5.74, 6) is 0.952. The lowest BCUT2D eigenvalue weighted by Gasteiger charge is -2.07. The first-order valence-electron chi connectivity index (χ1n) is 7.68. The van der Waals surface area contributed by atoms with Crippen molar-refractivity contribution in [3.8, 4) is 0 Å². The fourth-order valence-electron chi connectivity index (χ4n) is 2.56. The van der Waals surface area contributed by atoms with Gasteiger partial charge in [-0.25, -0.2) is 0 Å². The molecule has 1 N–H and O–H groups in total. The molecule has 0 bridgehead atoms. The maximum atomic E-state index is 5.44. The number of hydrazone groups is 1. The lowest BCUT2D eigenvalue weighted by atomic mass is 10.2. The molecule has 0 aliphatic heterocycles. The summed E-state index contributed by atoms with van der Waals surface area (Å²) in [6, 6.07) is 14.2. The van der Waals surface area contributed by atoms with Crippen LogP contribution in [0.2, 0.25) is 0 Å². The van der Waals surface area contributed by atoms with Gasteiger partial charge in [-0.15, -0.1) is 0 Å². The number of furan rings is 1. The van der Waals surface area contributed by atoms with Crippen molar-refractivity contribution in [2.24, 2.45) is 5.10 Å². The van der Waals surface area contributed by atoms with Gasteiger partial charge in [-0.2, -0.15) is 5.10 Å². The Hall–Kier alpha value is -2.75. The van der Waals surface area contributed by atoms with Crippen LogP contribution in [0.3, 0.4) is 0 Å². The molecule has 0 spiro atoms. The minimum atomic E-state index is 0.740. The molecular weight excluding hydrogens is 286 g/mol. The Morgan fingerprint density at radius 1 is 1.13 bits per heavy atom. The lowest BCUT2D eigenvalue weighted by molar-refractivity contribution is 0.489. The molecule has 4 nitrogen and oxygen atoms in total. The third kappa shape index (κ3) is 3.54. The van der Waals surface area contributed by atoms with E-state index in [2.05, 4.69) is 54.1 Å². The van der Waals surface area contributed by atoms with Gasteiger partial charge in [0.05, 0.1) is 24.7 Å². The highest BCUT2D eigenvalue weighted by molar-refractivity contribution is 5.82. The molecule has 0 saturated carbocycles. The Balaban J connectivity index is 1.73. The number of aromatic nitrogens is 1. The molecule has 3 rings (SSSR count). The predicted molar refractivity (Wildman–Crippen MR) is 94.1 cm³/mol. The van der Waals surface area contributed by atoms with Crippen molar-refractivity contribution < 1.29 is 4.42 Å². The van der Waals surface area contributed by atoms with Crippen LogP contribution in [-0.2, 0) is 6.54 Å². The van der Waals surface area contributed by atoms with Crippen LogP contribution < -0.4 is 5.43 Å². The standard InChI is InChI=1S/C19H21N3O/c1-14-6-8-18(9-7-14)21-20-12-17-11-15(2)22(16(17)3)13-19-5-4-10-23-19/h4-12,21H,13H2,1-3H3/b20-12-. The van der Waals surface area contributed by atoms with E-state index in [0.717, 1.165) is 23.6 Å². The van der Waals surface area contributed by atoms with Gasteiger partial charge in [-0.3, -0.25) is 5.43 Å². The number of hydrogen-bond acceptors (Lipinski definition) is 3. The van der Waals surface area contributed by atoms with Crippen LogP contribution in [0.1, 0.15) is 28.3 Å². The van der Waals surface area contributed by atoms with Gasteiger partial charge in [0.1, 0.15) is 5.76 Å². The van der Waals surface area contributed by atoms with E-state index >= 15 is 0 Å². The Bertz CT molecular complexity index is 796. The van der Waals surface area contributed by atoms with Gasteiger partial charge in [0.15, 0.2) is 0 Å². The van der Waals surface area contributed by atoms with E-state index < -0.39 is 0 Å². The topological polar surface area (TPSA) is 42.5 Å². The zero-order valence-corrected chi connectivity index (χ0v) is 13.7. The lowest BCUT2D eigenvalue weighted by Crippen LogP contribution is -2.03. The molecule has 4 heteroatoms.